The minimum absolute atomic E-state index is 0.171. The summed E-state index contributed by atoms with van der Waals surface area (Å²) in [4.78, 5) is 12.8. The second-order valence-electron chi connectivity index (χ2n) is 3.38. The van der Waals surface area contributed by atoms with E-state index in [4.69, 9.17) is 9.84 Å². The maximum Gasteiger partial charge on any atom is 0.251 e. The van der Waals surface area contributed by atoms with Crippen molar-refractivity contribution < 1.29 is 19.7 Å². The number of likely N-dealkylation sites (N-methyl/N-ethyl adjacent to an activating group) is 1. The Labute approximate surface area is 76.9 Å². The van der Waals surface area contributed by atoms with Crippen molar-refractivity contribution in [1.82, 2.24) is 4.90 Å². The molecule has 0 aromatic heterocycles. The van der Waals surface area contributed by atoms with Gasteiger partial charge in [-0.25, -0.2) is 0 Å². The fourth-order valence-electron chi connectivity index (χ4n) is 1.34. The van der Waals surface area contributed by atoms with Gasteiger partial charge in [-0.2, -0.15) is 0 Å². The summed E-state index contributed by atoms with van der Waals surface area (Å²) in [7, 11) is 3.26. The highest BCUT2D eigenvalue weighted by atomic mass is 16.5. The lowest BCUT2D eigenvalue weighted by molar-refractivity contribution is -0.141. The molecule has 0 aliphatic carbocycles. The zero-order chi connectivity index (χ0) is 10.0. The molecule has 0 spiro atoms. The van der Waals surface area contributed by atoms with Crippen molar-refractivity contribution in [2.24, 2.45) is 0 Å². The van der Waals surface area contributed by atoms with E-state index in [0.717, 1.165) is 0 Å². The van der Waals surface area contributed by atoms with Crippen molar-refractivity contribution in [2.75, 3.05) is 20.7 Å². The zero-order valence-electron chi connectivity index (χ0n) is 7.80. The standard InChI is InChI=1S/C8H15NO4/c1-9(2)8(12)6-3-5(11)7(4-10)13-6/h5-7,10-11H,3-4H2,1-2H3/t5-,6-,7+/m0/s1. The number of carbonyl (C=O) groups excluding carboxylic acids is 1. The van der Waals surface area contributed by atoms with Gasteiger partial charge < -0.3 is 19.8 Å². The lowest BCUT2D eigenvalue weighted by Gasteiger charge is -2.15. The first-order valence-electron chi connectivity index (χ1n) is 4.21. The number of rotatable bonds is 2. The van der Waals surface area contributed by atoms with Crippen LogP contribution in [-0.4, -0.2) is 60.0 Å². The molecular formula is C8H15NO4. The Bertz CT molecular complexity index is 195. The average molecular weight is 189 g/mol. The molecule has 2 N–H and O–H groups in total. The minimum atomic E-state index is -0.737. The Morgan fingerprint density at radius 2 is 2.23 bits per heavy atom. The molecular weight excluding hydrogens is 174 g/mol. The zero-order valence-corrected chi connectivity index (χ0v) is 7.80. The van der Waals surface area contributed by atoms with E-state index < -0.39 is 18.3 Å². The Morgan fingerprint density at radius 3 is 2.62 bits per heavy atom. The summed E-state index contributed by atoms with van der Waals surface area (Å²) in [6, 6.07) is 0. The van der Waals surface area contributed by atoms with Gasteiger partial charge in [0.15, 0.2) is 0 Å². The van der Waals surface area contributed by atoms with Crippen LogP contribution in [0.3, 0.4) is 0 Å². The summed E-state index contributed by atoms with van der Waals surface area (Å²) in [5, 5.41) is 18.1. The van der Waals surface area contributed by atoms with Gasteiger partial charge in [0.25, 0.3) is 5.91 Å². The third kappa shape index (κ3) is 2.18. The van der Waals surface area contributed by atoms with Gasteiger partial charge in [-0.05, 0) is 0 Å². The molecule has 13 heavy (non-hydrogen) atoms. The van der Waals surface area contributed by atoms with Gasteiger partial charge in [0, 0.05) is 20.5 Å². The Balaban J connectivity index is 2.53. The number of nitrogens with zero attached hydrogens (tertiary/aromatic N) is 1. The number of aliphatic hydroxyl groups is 2. The van der Waals surface area contributed by atoms with Gasteiger partial charge in [-0.1, -0.05) is 0 Å². The monoisotopic (exact) mass is 189 g/mol. The largest absolute Gasteiger partial charge is 0.394 e. The van der Waals surface area contributed by atoms with E-state index in [-0.39, 0.29) is 18.9 Å². The Hall–Kier alpha value is -0.650. The maximum atomic E-state index is 11.4. The van der Waals surface area contributed by atoms with Crippen LogP contribution in [-0.2, 0) is 9.53 Å². The molecule has 0 aromatic carbocycles. The first-order valence-corrected chi connectivity index (χ1v) is 4.21. The summed E-state index contributed by atoms with van der Waals surface area (Å²) in [5.41, 5.74) is 0. The fraction of sp³-hybridized carbons (Fsp3) is 0.875. The van der Waals surface area contributed by atoms with Crippen LogP contribution in [0.15, 0.2) is 0 Å². The number of aliphatic hydroxyl groups excluding tert-OH is 2. The van der Waals surface area contributed by atoms with Crippen LogP contribution < -0.4 is 0 Å². The summed E-state index contributed by atoms with van der Waals surface area (Å²) in [6.07, 6.45) is -1.70. The molecule has 76 valence electrons. The molecule has 5 nitrogen and oxygen atoms in total. The molecule has 1 aliphatic rings. The molecule has 0 saturated carbocycles. The van der Waals surface area contributed by atoms with E-state index in [0.29, 0.717) is 0 Å². The van der Waals surface area contributed by atoms with Crippen LogP contribution >= 0.6 is 0 Å². The number of hydrogen-bond acceptors (Lipinski definition) is 4. The predicted molar refractivity (Wildman–Crippen MR) is 45.1 cm³/mol. The van der Waals surface area contributed by atoms with Gasteiger partial charge in [0.2, 0.25) is 0 Å². The summed E-state index contributed by atoms with van der Waals surface area (Å²) in [5.74, 6) is -0.171. The SMILES string of the molecule is CN(C)C(=O)[C@@H]1C[C@H](O)[C@@H](CO)O1. The average Bonchev–Trinajstić information content (AvgIpc) is 2.45. The van der Waals surface area contributed by atoms with E-state index in [1.54, 1.807) is 14.1 Å². The van der Waals surface area contributed by atoms with Gasteiger partial charge in [-0.15, -0.1) is 0 Å². The van der Waals surface area contributed by atoms with Crippen LogP contribution in [0.1, 0.15) is 6.42 Å². The third-order valence-corrected chi connectivity index (χ3v) is 2.12. The highest BCUT2D eigenvalue weighted by Crippen LogP contribution is 2.21. The van der Waals surface area contributed by atoms with Gasteiger partial charge >= 0.3 is 0 Å². The molecule has 1 saturated heterocycles. The highest BCUT2D eigenvalue weighted by Gasteiger charge is 2.37. The van der Waals surface area contributed by atoms with Gasteiger partial charge in [0.05, 0.1) is 12.7 Å². The maximum absolute atomic E-state index is 11.4. The molecule has 0 radical (unpaired) electrons. The highest BCUT2D eigenvalue weighted by molar-refractivity contribution is 5.80. The van der Waals surface area contributed by atoms with Crippen molar-refractivity contribution in [2.45, 2.75) is 24.7 Å². The van der Waals surface area contributed by atoms with Gasteiger partial charge in [0.1, 0.15) is 12.2 Å². The van der Waals surface area contributed by atoms with E-state index in [1.165, 1.54) is 4.90 Å². The molecule has 5 heteroatoms. The molecule has 1 fully saturated rings. The van der Waals surface area contributed by atoms with Crippen molar-refractivity contribution >= 4 is 5.91 Å². The van der Waals surface area contributed by atoms with Crippen molar-refractivity contribution in [3.63, 3.8) is 0 Å². The molecule has 3 atom stereocenters. The molecule has 1 aliphatic heterocycles. The third-order valence-electron chi connectivity index (χ3n) is 2.12. The second-order valence-corrected chi connectivity index (χ2v) is 3.38. The fourth-order valence-corrected chi connectivity index (χ4v) is 1.34. The molecule has 0 unspecified atom stereocenters. The molecule has 1 amide bonds. The summed E-state index contributed by atoms with van der Waals surface area (Å²) in [6.45, 7) is -0.252. The smallest absolute Gasteiger partial charge is 0.251 e. The number of amides is 1. The van der Waals surface area contributed by atoms with E-state index in [9.17, 15) is 9.90 Å². The predicted octanol–water partition coefficient (Wildman–Crippen LogP) is -1.41. The molecule has 1 heterocycles. The van der Waals surface area contributed by atoms with E-state index in [2.05, 4.69) is 0 Å². The first kappa shape index (κ1) is 10.4. The Kier molecular flexibility index (Phi) is 3.24. The normalized spacial score (nSPS) is 33.4. The van der Waals surface area contributed by atoms with Crippen LogP contribution in [0, 0.1) is 0 Å². The second kappa shape index (κ2) is 4.04. The van der Waals surface area contributed by atoms with Crippen LogP contribution in [0.2, 0.25) is 0 Å². The molecule has 0 aromatic rings. The van der Waals surface area contributed by atoms with Crippen molar-refractivity contribution in [3.05, 3.63) is 0 Å². The number of ether oxygens (including phenoxy) is 1. The topological polar surface area (TPSA) is 70.0 Å². The lowest BCUT2D eigenvalue weighted by Crippen LogP contribution is -2.34. The van der Waals surface area contributed by atoms with Gasteiger partial charge in [-0.3, -0.25) is 4.79 Å². The summed E-state index contributed by atoms with van der Waals surface area (Å²) < 4.78 is 5.15. The first-order chi connectivity index (χ1) is 6.06. The van der Waals surface area contributed by atoms with Crippen LogP contribution in [0.4, 0.5) is 0 Å². The van der Waals surface area contributed by atoms with E-state index >= 15 is 0 Å². The van der Waals surface area contributed by atoms with Crippen LogP contribution in [0.5, 0.6) is 0 Å². The Morgan fingerprint density at radius 1 is 1.62 bits per heavy atom. The quantitative estimate of drug-likeness (QED) is 0.559. The number of hydrogen-bond donors (Lipinski definition) is 2. The minimum Gasteiger partial charge on any atom is -0.394 e. The van der Waals surface area contributed by atoms with E-state index in [1.807, 2.05) is 0 Å². The summed E-state index contributed by atoms with van der Waals surface area (Å²) >= 11 is 0. The molecule has 0 bridgehead atoms. The number of carbonyl (C=O) groups is 1. The van der Waals surface area contributed by atoms with Crippen molar-refractivity contribution in [3.8, 4) is 0 Å². The lowest BCUT2D eigenvalue weighted by atomic mass is 10.1. The van der Waals surface area contributed by atoms with Crippen LogP contribution in [0.25, 0.3) is 0 Å². The van der Waals surface area contributed by atoms with Crippen molar-refractivity contribution in [1.29, 1.82) is 0 Å². The molecule has 1 rings (SSSR count).